The number of amidine groups is 1. The van der Waals surface area contributed by atoms with Gasteiger partial charge in [-0.05, 0) is 31.6 Å². The van der Waals surface area contributed by atoms with Crippen molar-refractivity contribution in [2.45, 2.75) is 26.3 Å². The number of hydrogen-bond acceptors (Lipinski definition) is 4. The van der Waals surface area contributed by atoms with Crippen LogP contribution in [0.1, 0.15) is 31.0 Å². The summed E-state index contributed by atoms with van der Waals surface area (Å²) in [5.41, 5.74) is 7.12. The van der Waals surface area contributed by atoms with Crippen LogP contribution >= 0.6 is 0 Å². The first-order valence-electron chi connectivity index (χ1n) is 5.79. The highest BCUT2D eigenvalue weighted by Crippen LogP contribution is 2.08. The van der Waals surface area contributed by atoms with E-state index >= 15 is 0 Å². The summed E-state index contributed by atoms with van der Waals surface area (Å²) in [7, 11) is 2.05. The monoisotopic (exact) mass is 236 g/mol. The molecule has 17 heavy (non-hydrogen) atoms. The number of aromatic nitrogens is 1. The van der Waals surface area contributed by atoms with E-state index in [2.05, 4.69) is 29.0 Å². The minimum atomic E-state index is 0.0597. The number of pyridine rings is 1. The van der Waals surface area contributed by atoms with Crippen molar-refractivity contribution < 1.29 is 5.21 Å². The van der Waals surface area contributed by atoms with Gasteiger partial charge in [0.2, 0.25) is 0 Å². The van der Waals surface area contributed by atoms with Crippen LogP contribution < -0.4 is 5.73 Å². The minimum Gasteiger partial charge on any atom is -0.409 e. The van der Waals surface area contributed by atoms with E-state index < -0.39 is 0 Å². The van der Waals surface area contributed by atoms with Crippen LogP contribution in [-0.2, 0) is 6.54 Å². The van der Waals surface area contributed by atoms with E-state index in [1.807, 2.05) is 12.1 Å². The van der Waals surface area contributed by atoms with Crippen LogP contribution in [0.2, 0.25) is 0 Å². The zero-order chi connectivity index (χ0) is 12.7. The second kappa shape index (κ2) is 6.85. The molecule has 0 unspecified atom stereocenters. The number of hydrogen-bond donors (Lipinski definition) is 2. The Bertz CT molecular complexity index is 379. The van der Waals surface area contributed by atoms with Gasteiger partial charge in [-0.15, -0.1) is 0 Å². The van der Waals surface area contributed by atoms with E-state index in [9.17, 15) is 0 Å². The lowest BCUT2D eigenvalue weighted by atomic mass is 10.1. The van der Waals surface area contributed by atoms with E-state index in [0.29, 0.717) is 5.69 Å². The van der Waals surface area contributed by atoms with E-state index in [1.165, 1.54) is 6.42 Å². The van der Waals surface area contributed by atoms with Crippen LogP contribution in [-0.4, -0.2) is 34.5 Å². The summed E-state index contributed by atoms with van der Waals surface area (Å²) in [5, 5.41) is 11.7. The molecule has 0 bridgehead atoms. The van der Waals surface area contributed by atoms with Gasteiger partial charge >= 0.3 is 0 Å². The second-order valence-corrected chi connectivity index (χ2v) is 4.09. The molecule has 0 radical (unpaired) electrons. The summed E-state index contributed by atoms with van der Waals surface area (Å²) in [4.78, 5) is 6.34. The lowest BCUT2D eigenvalue weighted by Crippen LogP contribution is -2.23. The molecule has 0 saturated heterocycles. The molecule has 0 saturated carbocycles. The SMILES string of the molecule is CCCCN(C)Cc1cccnc1C(N)=NO. The molecule has 0 fully saturated rings. The topological polar surface area (TPSA) is 74.7 Å². The molecule has 0 aliphatic carbocycles. The van der Waals surface area contributed by atoms with Crippen LogP contribution in [0, 0.1) is 0 Å². The Hall–Kier alpha value is -1.62. The molecule has 0 amide bonds. The van der Waals surface area contributed by atoms with Gasteiger partial charge in [0.25, 0.3) is 0 Å². The standard InChI is InChI=1S/C12H20N4O/c1-3-4-8-16(2)9-10-6-5-7-14-11(10)12(13)15-17/h5-7,17H,3-4,8-9H2,1-2H3,(H2,13,15). The zero-order valence-electron chi connectivity index (χ0n) is 10.4. The molecule has 1 rings (SSSR count). The van der Waals surface area contributed by atoms with Gasteiger partial charge in [-0.3, -0.25) is 4.98 Å². The molecule has 5 heteroatoms. The molecule has 0 aliphatic rings. The van der Waals surface area contributed by atoms with Crippen LogP contribution in [0.5, 0.6) is 0 Å². The fraction of sp³-hybridized carbons (Fsp3) is 0.500. The first kappa shape index (κ1) is 13.4. The second-order valence-electron chi connectivity index (χ2n) is 4.09. The first-order valence-corrected chi connectivity index (χ1v) is 5.79. The lowest BCUT2D eigenvalue weighted by molar-refractivity contribution is 0.315. The number of nitrogens with zero attached hydrogens (tertiary/aromatic N) is 3. The van der Waals surface area contributed by atoms with Crippen molar-refractivity contribution in [2.75, 3.05) is 13.6 Å². The smallest absolute Gasteiger partial charge is 0.189 e. The normalized spacial score (nSPS) is 12.1. The van der Waals surface area contributed by atoms with Crippen LogP contribution in [0.3, 0.4) is 0 Å². The molecule has 1 aromatic rings. The zero-order valence-corrected chi connectivity index (χ0v) is 10.4. The number of nitrogens with two attached hydrogens (primary N) is 1. The summed E-state index contributed by atoms with van der Waals surface area (Å²) in [6, 6.07) is 3.81. The highest BCUT2D eigenvalue weighted by atomic mass is 16.4. The third kappa shape index (κ3) is 4.03. The van der Waals surface area contributed by atoms with Crippen LogP contribution in [0.4, 0.5) is 0 Å². The Kier molecular flexibility index (Phi) is 5.42. The fourth-order valence-electron chi connectivity index (χ4n) is 1.64. The molecular formula is C12H20N4O. The molecule has 5 nitrogen and oxygen atoms in total. The summed E-state index contributed by atoms with van der Waals surface area (Å²) in [5.74, 6) is 0.0597. The third-order valence-corrected chi connectivity index (χ3v) is 2.58. The molecular weight excluding hydrogens is 216 g/mol. The van der Waals surface area contributed by atoms with Crippen molar-refractivity contribution in [1.82, 2.24) is 9.88 Å². The van der Waals surface area contributed by atoms with Gasteiger partial charge in [0.15, 0.2) is 5.84 Å². The fourth-order valence-corrected chi connectivity index (χ4v) is 1.64. The van der Waals surface area contributed by atoms with Crippen molar-refractivity contribution in [3.63, 3.8) is 0 Å². The molecule has 0 spiro atoms. The molecule has 0 aromatic carbocycles. The Morgan fingerprint density at radius 1 is 1.59 bits per heavy atom. The Morgan fingerprint density at radius 2 is 2.35 bits per heavy atom. The van der Waals surface area contributed by atoms with Crippen molar-refractivity contribution in [2.24, 2.45) is 10.9 Å². The van der Waals surface area contributed by atoms with Crippen LogP contribution in [0.25, 0.3) is 0 Å². The molecule has 0 atom stereocenters. The molecule has 0 aliphatic heterocycles. The van der Waals surface area contributed by atoms with Gasteiger partial charge < -0.3 is 15.8 Å². The van der Waals surface area contributed by atoms with E-state index in [1.54, 1.807) is 6.20 Å². The predicted molar refractivity (Wildman–Crippen MR) is 68.0 cm³/mol. The summed E-state index contributed by atoms with van der Waals surface area (Å²) in [6.45, 7) is 3.94. The van der Waals surface area contributed by atoms with Gasteiger partial charge in [0.1, 0.15) is 5.69 Å². The van der Waals surface area contributed by atoms with Gasteiger partial charge in [0.05, 0.1) is 0 Å². The number of unbranched alkanes of at least 4 members (excludes halogenated alkanes) is 1. The average molecular weight is 236 g/mol. The summed E-state index contributed by atoms with van der Waals surface area (Å²) < 4.78 is 0. The van der Waals surface area contributed by atoms with Gasteiger partial charge in [0, 0.05) is 12.7 Å². The minimum absolute atomic E-state index is 0.0597. The van der Waals surface area contributed by atoms with E-state index in [0.717, 1.165) is 25.1 Å². The highest BCUT2D eigenvalue weighted by molar-refractivity contribution is 5.96. The van der Waals surface area contributed by atoms with Crippen LogP contribution in [0.15, 0.2) is 23.5 Å². The Morgan fingerprint density at radius 3 is 3.00 bits per heavy atom. The van der Waals surface area contributed by atoms with Crippen molar-refractivity contribution in [3.05, 3.63) is 29.6 Å². The highest BCUT2D eigenvalue weighted by Gasteiger charge is 2.09. The quantitative estimate of drug-likeness (QED) is 0.339. The van der Waals surface area contributed by atoms with Crippen molar-refractivity contribution in [1.29, 1.82) is 0 Å². The predicted octanol–water partition coefficient (Wildman–Crippen LogP) is 1.41. The Balaban J connectivity index is 2.76. The number of oxime groups is 1. The maximum absolute atomic E-state index is 8.70. The van der Waals surface area contributed by atoms with Crippen molar-refractivity contribution in [3.8, 4) is 0 Å². The molecule has 1 heterocycles. The van der Waals surface area contributed by atoms with Crippen molar-refractivity contribution >= 4 is 5.84 Å². The van der Waals surface area contributed by atoms with E-state index in [4.69, 9.17) is 10.9 Å². The molecule has 3 N–H and O–H groups in total. The molecule has 94 valence electrons. The van der Waals surface area contributed by atoms with Gasteiger partial charge in [-0.2, -0.15) is 0 Å². The first-order chi connectivity index (χ1) is 8.19. The number of rotatable bonds is 6. The summed E-state index contributed by atoms with van der Waals surface area (Å²) in [6.07, 6.45) is 3.98. The average Bonchev–Trinajstić information content (AvgIpc) is 2.36. The Labute approximate surface area is 102 Å². The maximum Gasteiger partial charge on any atom is 0.189 e. The lowest BCUT2D eigenvalue weighted by Gasteiger charge is -2.17. The van der Waals surface area contributed by atoms with E-state index in [-0.39, 0.29) is 5.84 Å². The largest absolute Gasteiger partial charge is 0.409 e. The van der Waals surface area contributed by atoms with Gasteiger partial charge in [-0.25, -0.2) is 0 Å². The third-order valence-electron chi connectivity index (χ3n) is 2.58. The maximum atomic E-state index is 8.70. The summed E-state index contributed by atoms with van der Waals surface area (Å²) >= 11 is 0. The van der Waals surface area contributed by atoms with Gasteiger partial charge in [-0.1, -0.05) is 24.6 Å². The molecule has 1 aromatic heterocycles.